The minimum absolute atomic E-state index is 0.140. The summed E-state index contributed by atoms with van der Waals surface area (Å²) in [7, 11) is 0. The van der Waals surface area contributed by atoms with Crippen LogP contribution in [-0.2, 0) is 6.54 Å². The van der Waals surface area contributed by atoms with Crippen molar-refractivity contribution in [1.82, 2.24) is 9.13 Å². The lowest BCUT2D eigenvalue weighted by Crippen LogP contribution is -2.44. The number of aliphatic hydroxyl groups excluding tert-OH is 1. The highest BCUT2D eigenvalue weighted by Crippen LogP contribution is 2.41. The Hall–Kier alpha value is -2.47. The number of rotatable bonds is 5. The summed E-state index contributed by atoms with van der Waals surface area (Å²) < 4.78 is 2.16. The highest BCUT2D eigenvalue weighted by atomic mass is 16.3. The number of benzene rings is 1. The summed E-state index contributed by atoms with van der Waals surface area (Å²) in [4.78, 5) is 37.5. The third-order valence-corrected chi connectivity index (χ3v) is 4.55. The van der Waals surface area contributed by atoms with Gasteiger partial charge in [0.2, 0.25) is 0 Å². The van der Waals surface area contributed by atoms with E-state index in [1.165, 1.54) is 10.8 Å². The smallest absolute Gasteiger partial charge is 0.338 e. The second-order valence-electron chi connectivity index (χ2n) is 6.33. The topological polar surface area (TPSA) is 81.3 Å². The van der Waals surface area contributed by atoms with Crippen LogP contribution in [0.25, 0.3) is 0 Å². The molecule has 6 nitrogen and oxygen atoms in total. The van der Waals surface area contributed by atoms with E-state index in [0.29, 0.717) is 34.1 Å². The lowest BCUT2D eigenvalue weighted by Gasteiger charge is -2.11. The van der Waals surface area contributed by atoms with Crippen molar-refractivity contribution in [1.29, 1.82) is 0 Å². The summed E-state index contributed by atoms with van der Waals surface area (Å²) in [5.74, 6) is 0.116. The highest BCUT2D eigenvalue weighted by Gasteiger charge is 2.36. The summed E-state index contributed by atoms with van der Waals surface area (Å²) in [6, 6.07) is 8.31. The van der Waals surface area contributed by atoms with Gasteiger partial charge in [0.15, 0.2) is 0 Å². The molecule has 0 aliphatic heterocycles. The molecule has 0 radical (unpaired) electrons. The average molecular weight is 328 g/mol. The van der Waals surface area contributed by atoms with Gasteiger partial charge in [-0.25, -0.2) is 4.79 Å². The first kappa shape index (κ1) is 16.4. The molecule has 1 saturated carbocycles. The van der Waals surface area contributed by atoms with Crippen molar-refractivity contribution < 1.29 is 9.90 Å². The fourth-order valence-corrected chi connectivity index (χ4v) is 3.06. The fourth-order valence-electron chi connectivity index (χ4n) is 3.06. The largest absolute Gasteiger partial charge is 0.396 e. The molecule has 3 rings (SSSR count). The normalized spacial score (nSPS) is 19.2. The van der Waals surface area contributed by atoms with Crippen molar-refractivity contribution in [2.45, 2.75) is 26.3 Å². The first-order valence-corrected chi connectivity index (χ1v) is 8.06. The van der Waals surface area contributed by atoms with Gasteiger partial charge in [-0.2, -0.15) is 4.57 Å². The van der Waals surface area contributed by atoms with Crippen LogP contribution in [0.2, 0.25) is 0 Å². The number of carbonyl (C=O) groups excluding carboxylic acids is 1. The standard InChI is InChI=1S/C18H20N2O4/c1-12-10-19(11-15-9-14(15)7-8-21)18(24)20(16(12)22)17(23)13-5-3-2-4-6-13/h2-6,10,14-15,21H,7-9,11H2,1H3/t14-,15-/m1/s1. The molecule has 1 aromatic carbocycles. The van der Waals surface area contributed by atoms with E-state index in [4.69, 9.17) is 5.11 Å². The molecule has 2 atom stereocenters. The molecule has 0 unspecified atom stereocenters. The van der Waals surface area contributed by atoms with Gasteiger partial charge in [-0.15, -0.1) is 0 Å². The third-order valence-electron chi connectivity index (χ3n) is 4.55. The Bertz CT molecular complexity index is 867. The molecule has 1 N–H and O–H groups in total. The van der Waals surface area contributed by atoms with Crippen molar-refractivity contribution in [2.75, 3.05) is 6.61 Å². The SMILES string of the molecule is Cc1cn(C[C@H]2C[C@H]2CCO)c(=O)n(C(=O)c2ccccc2)c1=O. The summed E-state index contributed by atoms with van der Waals surface area (Å²) in [6.07, 6.45) is 3.20. The lowest BCUT2D eigenvalue weighted by molar-refractivity contribution is 0.0948. The fraction of sp³-hybridized carbons (Fsp3) is 0.389. The second-order valence-corrected chi connectivity index (χ2v) is 6.33. The van der Waals surface area contributed by atoms with Gasteiger partial charge in [0.05, 0.1) is 0 Å². The van der Waals surface area contributed by atoms with Crippen LogP contribution in [0.5, 0.6) is 0 Å². The Labute approximate surface area is 139 Å². The van der Waals surface area contributed by atoms with Crippen molar-refractivity contribution in [3.05, 3.63) is 68.5 Å². The first-order chi connectivity index (χ1) is 11.5. The van der Waals surface area contributed by atoms with Crippen LogP contribution < -0.4 is 11.2 Å². The number of carbonyl (C=O) groups is 1. The number of aromatic nitrogens is 2. The Kier molecular flexibility index (Phi) is 4.49. The van der Waals surface area contributed by atoms with E-state index >= 15 is 0 Å². The van der Waals surface area contributed by atoms with Gasteiger partial charge in [0.1, 0.15) is 0 Å². The van der Waals surface area contributed by atoms with E-state index in [9.17, 15) is 14.4 Å². The molecule has 0 saturated heterocycles. The average Bonchev–Trinajstić information content (AvgIpc) is 3.31. The predicted molar refractivity (Wildman–Crippen MR) is 89.2 cm³/mol. The Morgan fingerprint density at radius 1 is 1.21 bits per heavy atom. The number of hydrogen-bond acceptors (Lipinski definition) is 4. The molecular weight excluding hydrogens is 308 g/mol. The van der Waals surface area contributed by atoms with Gasteiger partial charge in [0.25, 0.3) is 11.5 Å². The van der Waals surface area contributed by atoms with E-state index < -0.39 is 17.2 Å². The maximum Gasteiger partial charge on any atom is 0.338 e. The summed E-state index contributed by atoms with van der Waals surface area (Å²) >= 11 is 0. The Morgan fingerprint density at radius 2 is 1.92 bits per heavy atom. The van der Waals surface area contributed by atoms with E-state index in [1.54, 1.807) is 37.3 Å². The van der Waals surface area contributed by atoms with Crippen molar-refractivity contribution in [3.8, 4) is 0 Å². The molecule has 1 aliphatic carbocycles. The molecule has 1 aliphatic rings. The Balaban J connectivity index is 1.96. The Morgan fingerprint density at radius 3 is 2.58 bits per heavy atom. The van der Waals surface area contributed by atoms with E-state index in [1.807, 2.05) is 0 Å². The first-order valence-electron chi connectivity index (χ1n) is 8.06. The van der Waals surface area contributed by atoms with Crippen LogP contribution in [0.3, 0.4) is 0 Å². The van der Waals surface area contributed by atoms with Crippen LogP contribution in [0.15, 0.2) is 46.1 Å². The van der Waals surface area contributed by atoms with Gasteiger partial charge in [0, 0.05) is 30.5 Å². The van der Waals surface area contributed by atoms with Gasteiger partial charge >= 0.3 is 5.69 Å². The van der Waals surface area contributed by atoms with Gasteiger partial charge in [-0.3, -0.25) is 14.2 Å². The molecule has 126 valence electrons. The maximum absolute atomic E-state index is 12.6. The molecule has 1 heterocycles. The lowest BCUT2D eigenvalue weighted by atomic mass is 10.2. The van der Waals surface area contributed by atoms with Crippen molar-refractivity contribution in [3.63, 3.8) is 0 Å². The van der Waals surface area contributed by atoms with E-state index in [2.05, 4.69) is 0 Å². The highest BCUT2D eigenvalue weighted by molar-refractivity contribution is 5.95. The summed E-state index contributed by atoms with van der Waals surface area (Å²) in [6.45, 7) is 2.21. The molecule has 2 aromatic rings. The molecular formula is C18H20N2O4. The van der Waals surface area contributed by atoms with Crippen molar-refractivity contribution >= 4 is 5.91 Å². The molecule has 1 aromatic heterocycles. The van der Waals surface area contributed by atoms with Crippen LogP contribution in [0, 0.1) is 18.8 Å². The zero-order valence-electron chi connectivity index (χ0n) is 13.5. The van der Waals surface area contributed by atoms with Crippen molar-refractivity contribution in [2.24, 2.45) is 11.8 Å². The third kappa shape index (κ3) is 3.10. The summed E-state index contributed by atoms with van der Waals surface area (Å²) in [5.41, 5.74) is -0.515. The monoisotopic (exact) mass is 328 g/mol. The quantitative estimate of drug-likeness (QED) is 0.889. The minimum Gasteiger partial charge on any atom is -0.396 e. The van der Waals surface area contributed by atoms with Crippen LogP contribution in [0.4, 0.5) is 0 Å². The van der Waals surface area contributed by atoms with Gasteiger partial charge in [-0.1, -0.05) is 18.2 Å². The van der Waals surface area contributed by atoms with Crippen LogP contribution >= 0.6 is 0 Å². The predicted octanol–water partition coefficient (Wildman–Crippen LogP) is 1.03. The number of aryl methyl sites for hydroxylation is 1. The van der Waals surface area contributed by atoms with Crippen LogP contribution in [0.1, 0.15) is 28.8 Å². The molecule has 0 amide bonds. The molecule has 0 bridgehead atoms. The van der Waals surface area contributed by atoms with Gasteiger partial charge < -0.3 is 5.11 Å². The number of nitrogens with zero attached hydrogens (tertiary/aromatic N) is 2. The summed E-state index contributed by atoms with van der Waals surface area (Å²) in [5, 5.41) is 8.98. The molecule has 6 heteroatoms. The minimum atomic E-state index is -0.606. The van der Waals surface area contributed by atoms with E-state index in [-0.39, 0.29) is 6.61 Å². The molecule has 0 spiro atoms. The zero-order chi connectivity index (χ0) is 17.3. The number of hydrogen-bond donors (Lipinski definition) is 1. The molecule has 1 fully saturated rings. The number of aliphatic hydroxyl groups is 1. The zero-order valence-corrected chi connectivity index (χ0v) is 13.5. The van der Waals surface area contributed by atoms with Gasteiger partial charge in [-0.05, 0) is 43.7 Å². The van der Waals surface area contributed by atoms with Crippen LogP contribution in [-0.4, -0.2) is 26.8 Å². The van der Waals surface area contributed by atoms with E-state index in [0.717, 1.165) is 12.8 Å². The second kappa shape index (κ2) is 6.57. The maximum atomic E-state index is 12.6. The molecule has 24 heavy (non-hydrogen) atoms.